The normalized spacial score (nSPS) is 32.9. The summed E-state index contributed by atoms with van der Waals surface area (Å²) in [4.78, 5) is 10.9. The van der Waals surface area contributed by atoms with Crippen LogP contribution in [-0.2, 0) is 0 Å². The molecule has 1 saturated carbocycles. The van der Waals surface area contributed by atoms with Gasteiger partial charge in [-0.3, -0.25) is 4.99 Å². The minimum atomic E-state index is 0.230. The maximum absolute atomic E-state index is 4.39. The first-order valence-electron chi connectivity index (χ1n) is 7.04. The van der Waals surface area contributed by atoms with E-state index in [1.54, 1.807) is 6.34 Å². The second-order valence-electron chi connectivity index (χ2n) is 5.74. The number of likely N-dealkylation sites (N-methyl/N-ethyl adjacent to an activating group) is 1. The van der Waals surface area contributed by atoms with E-state index in [1.165, 1.54) is 17.7 Å². The second-order valence-corrected chi connectivity index (χ2v) is 5.74. The lowest BCUT2D eigenvalue weighted by Gasteiger charge is -2.28. The highest BCUT2D eigenvalue weighted by Crippen LogP contribution is 2.51. The highest BCUT2D eigenvalue weighted by atomic mass is 15.1. The molecule has 0 N–H and O–H groups in total. The topological polar surface area (TPSA) is 28.0 Å². The SMILES string of the molecule is C=CC1=C(/C=C\CC23C=NC=NC2C3)N(C)CCC1. The summed E-state index contributed by atoms with van der Waals surface area (Å²) in [5, 5.41) is 0. The molecule has 0 aromatic heterocycles. The Balaban J connectivity index is 1.69. The molecule has 3 heteroatoms. The number of fused-ring (bicyclic) bond motifs is 1. The maximum Gasteiger partial charge on any atom is 0.109 e. The van der Waals surface area contributed by atoms with Crippen molar-refractivity contribution in [2.24, 2.45) is 15.4 Å². The van der Waals surface area contributed by atoms with Crippen LogP contribution in [0.4, 0.5) is 0 Å². The first-order valence-corrected chi connectivity index (χ1v) is 7.04. The van der Waals surface area contributed by atoms with Crippen molar-refractivity contribution in [2.75, 3.05) is 13.6 Å². The molecule has 3 nitrogen and oxygen atoms in total. The predicted octanol–water partition coefficient (Wildman–Crippen LogP) is 2.97. The smallest absolute Gasteiger partial charge is 0.109 e. The number of hydrogen-bond acceptors (Lipinski definition) is 3. The molecule has 3 aliphatic rings. The van der Waals surface area contributed by atoms with E-state index in [0.29, 0.717) is 6.04 Å². The molecule has 2 aliphatic heterocycles. The number of allylic oxidation sites excluding steroid dienone is 4. The van der Waals surface area contributed by atoms with Crippen molar-refractivity contribution in [2.45, 2.75) is 31.7 Å². The molecule has 19 heavy (non-hydrogen) atoms. The van der Waals surface area contributed by atoms with Crippen LogP contribution < -0.4 is 0 Å². The Bertz CT molecular complexity index is 498. The fourth-order valence-electron chi connectivity index (χ4n) is 3.04. The van der Waals surface area contributed by atoms with Gasteiger partial charge in [0.25, 0.3) is 0 Å². The third kappa shape index (κ3) is 2.29. The molecule has 0 radical (unpaired) electrons. The molecular weight excluding hydrogens is 234 g/mol. The highest BCUT2D eigenvalue weighted by Gasteiger charge is 2.53. The van der Waals surface area contributed by atoms with Gasteiger partial charge in [0, 0.05) is 30.9 Å². The summed E-state index contributed by atoms with van der Waals surface area (Å²) in [5.74, 6) is 0. The van der Waals surface area contributed by atoms with Gasteiger partial charge in [0.05, 0.1) is 6.04 Å². The Morgan fingerprint density at radius 1 is 1.58 bits per heavy atom. The lowest BCUT2D eigenvalue weighted by atomic mass is 9.99. The number of nitrogens with zero attached hydrogens (tertiary/aromatic N) is 3. The lowest BCUT2D eigenvalue weighted by molar-refractivity contribution is 0.394. The van der Waals surface area contributed by atoms with Crippen molar-refractivity contribution in [3.63, 3.8) is 0 Å². The molecule has 0 saturated heterocycles. The van der Waals surface area contributed by atoms with E-state index in [-0.39, 0.29) is 5.41 Å². The van der Waals surface area contributed by atoms with Crippen LogP contribution in [0.2, 0.25) is 0 Å². The summed E-state index contributed by atoms with van der Waals surface area (Å²) >= 11 is 0. The third-order valence-electron chi connectivity index (χ3n) is 4.42. The molecule has 1 aliphatic carbocycles. The van der Waals surface area contributed by atoms with Gasteiger partial charge >= 0.3 is 0 Å². The van der Waals surface area contributed by atoms with Crippen molar-refractivity contribution in [3.8, 4) is 0 Å². The van der Waals surface area contributed by atoms with Crippen molar-refractivity contribution in [3.05, 3.63) is 36.1 Å². The first kappa shape index (κ1) is 12.4. The third-order valence-corrected chi connectivity index (χ3v) is 4.42. The summed E-state index contributed by atoms with van der Waals surface area (Å²) < 4.78 is 0. The van der Waals surface area contributed by atoms with Crippen LogP contribution in [0.5, 0.6) is 0 Å². The zero-order valence-corrected chi connectivity index (χ0v) is 11.5. The minimum Gasteiger partial charge on any atom is -0.374 e. The molecular formula is C16H21N3. The average molecular weight is 255 g/mol. The lowest BCUT2D eigenvalue weighted by Crippen LogP contribution is -2.23. The van der Waals surface area contributed by atoms with E-state index in [4.69, 9.17) is 0 Å². The average Bonchev–Trinajstić information content (AvgIpc) is 3.15. The van der Waals surface area contributed by atoms with Crippen LogP contribution in [0.15, 0.2) is 46.1 Å². The van der Waals surface area contributed by atoms with E-state index in [1.807, 2.05) is 6.08 Å². The van der Waals surface area contributed by atoms with Crippen LogP contribution in [0.1, 0.15) is 25.7 Å². The molecule has 1 fully saturated rings. The van der Waals surface area contributed by atoms with Crippen LogP contribution in [0.25, 0.3) is 0 Å². The molecule has 0 aromatic rings. The van der Waals surface area contributed by atoms with Crippen molar-refractivity contribution in [1.82, 2.24) is 4.90 Å². The molecule has 2 atom stereocenters. The predicted molar refractivity (Wildman–Crippen MR) is 80.7 cm³/mol. The van der Waals surface area contributed by atoms with Gasteiger partial charge in [-0.15, -0.1) is 0 Å². The summed E-state index contributed by atoms with van der Waals surface area (Å²) in [7, 11) is 2.16. The second kappa shape index (κ2) is 4.80. The number of hydrogen-bond donors (Lipinski definition) is 0. The largest absolute Gasteiger partial charge is 0.374 e. The van der Waals surface area contributed by atoms with E-state index < -0.39 is 0 Å². The van der Waals surface area contributed by atoms with Crippen molar-refractivity contribution >= 4 is 12.6 Å². The van der Waals surface area contributed by atoms with Gasteiger partial charge in [-0.1, -0.05) is 18.7 Å². The fraction of sp³-hybridized carbons (Fsp3) is 0.500. The van der Waals surface area contributed by atoms with Gasteiger partial charge in [-0.25, -0.2) is 4.99 Å². The molecule has 0 aromatic carbocycles. The Labute approximate surface area is 115 Å². The van der Waals surface area contributed by atoms with Gasteiger partial charge in [-0.05, 0) is 37.3 Å². The number of rotatable bonds is 4. The van der Waals surface area contributed by atoms with Crippen LogP contribution in [0, 0.1) is 5.41 Å². The van der Waals surface area contributed by atoms with E-state index in [9.17, 15) is 0 Å². The highest BCUT2D eigenvalue weighted by molar-refractivity contribution is 5.83. The summed E-state index contributed by atoms with van der Waals surface area (Å²) in [6.45, 7) is 5.07. The molecule has 0 spiro atoms. The Hall–Kier alpha value is -1.64. The zero-order chi connectivity index (χ0) is 13.3. The number of aliphatic imine (C=N–C) groups is 2. The summed E-state index contributed by atoms with van der Waals surface area (Å²) in [6.07, 6.45) is 14.9. The van der Waals surface area contributed by atoms with Crippen molar-refractivity contribution < 1.29 is 0 Å². The van der Waals surface area contributed by atoms with Crippen LogP contribution in [-0.4, -0.2) is 37.1 Å². The molecule has 2 heterocycles. The Morgan fingerprint density at radius 2 is 2.47 bits per heavy atom. The maximum atomic E-state index is 4.39. The quantitative estimate of drug-likeness (QED) is 0.759. The van der Waals surface area contributed by atoms with Crippen LogP contribution >= 0.6 is 0 Å². The summed E-state index contributed by atoms with van der Waals surface area (Å²) in [5.41, 5.74) is 2.92. The first-order chi connectivity index (χ1) is 9.25. The molecule has 0 bridgehead atoms. The van der Waals surface area contributed by atoms with E-state index in [0.717, 1.165) is 25.8 Å². The van der Waals surface area contributed by atoms with Gasteiger partial charge in [0.1, 0.15) is 6.34 Å². The van der Waals surface area contributed by atoms with Gasteiger partial charge in [-0.2, -0.15) is 0 Å². The Kier molecular flexibility index (Phi) is 3.13. The van der Waals surface area contributed by atoms with Crippen molar-refractivity contribution in [1.29, 1.82) is 0 Å². The molecule has 0 amide bonds. The fourth-order valence-corrected chi connectivity index (χ4v) is 3.04. The molecule has 3 rings (SSSR count). The summed E-state index contributed by atoms with van der Waals surface area (Å²) in [6, 6.07) is 0.478. The van der Waals surface area contributed by atoms with Crippen LogP contribution in [0.3, 0.4) is 0 Å². The van der Waals surface area contributed by atoms with Gasteiger partial charge in [0.2, 0.25) is 0 Å². The van der Waals surface area contributed by atoms with Gasteiger partial charge < -0.3 is 4.90 Å². The Morgan fingerprint density at radius 3 is 3.26 bits per heavy atom. The molecule has 2 unspecified atom stereocenters. The van der Waals surface area contributed by atoms with E-state index >= 15 is 0 Å². The zero-order valence-electron chi connectivity index (χ0n) is 11.5. The standard InChI is InChI=1S/C16H21N3/c1-3-13-6-5-9-19(2)14(13)7-4-8-16-10-15(16)18-12-17-11-16/h3-4,7,11-12,15H,1,5-6,8-10H2,2H3/b7-4-. The minimum absolute atomic E-state index is 0.230. The van der Waals surface area contributed by atoms with E-state index in [2.05, 4.69) is 46.9 Å². The molecule has 100 valence electrons. The monoisotopic (exact) mass is 255 g/mol. The van der Waals surface area contributed by atoms with Gasteiger partial charge in [0.15, 0.2) is 0 Å².